The molecular formula is C21H27F3N4O2S. The number of fused-ring (bicyclic) bond motifs is 2. The Kier molecular flexibility index (Phi) is 6.52. The first-order valence-electron chi connectivity index (χ1n) is 10.6. The number of hydrogen-bond donors (Lipinski definition) is 2. The Bertz CT molecular complexity index is 880. The number of aromatic nitrogens is 2. The van der Waals surface area contributed by atoms with Gasteiger partial charge in [0.2, 0.25) is 5.95 Å². The summed E-state index contributed by atoms with van der Waals surface area (Å²) in [5.74, 6) is 0.0666. The largest absolute Gasteiger partial charge is 0.416 e. The molecule has 4 heterocycles. The first kappa shape index (κ1) is 22.4. The molecule has 0 saturated carbocycles. The maximum atomic E-state index is 12.4. The molecule has 1 fully saturated rings. The standard InChI is InChI=1S/C21H27F3N4O2S/c1-2-15-9-16-17(31-15)3-8-30-20(16)4-6-28(7-5-20)13-14-10-25-19(26-11-14)27-12-18(29)21(22,23)24/h9-11,18,29H,2-8,12-13H2,1H3,(H,25,26,27). The summed E-state index contributed by atoms with van der Waals surface area (Å²) in [5.41, 5.74) is 2.12. The van der Waals surface area contributed by atoms with Crippen molar-refractivity contribution in [2.45, 2.75) is 57.0 Å². The van der Waals surface area contributed by atoms with Crippen LogP contribution in [-0.4, -0.2) is 58.5 Å². The van der Waals surface area contributed by atoms with E-state index in [9.17, 15) is 13.2 Å². The molecular weight excluding hydrogens is 429 g/mol. The summed E-state index contributed by atoms with van der Waals surface area (Å²) in [6.07, 6.45) is 0.0511. The molecule has 31 heavy (non-hydrogen) atoms. The van der Waals surface area contributed by atoms with Crippen LogP contribution in [0, 0.1) is 0 Å². The highest BCUT2D eigenvalue weighted by Gasteiger charge is 2.42. The fourth-order valence-electron chi connectivity index (χ4n) is 4.22. The van der Waals surface area contributed by atoms with E-state index in [0.717, 1.165) is 50.9 Å². The highest BCUT2D eigenvalue weighted by Crippen LogP contribution is 2.44. The van der Waals surface area contributed by atoms with Crippen LogP contribution in [0.4, 0.5) is 19.1 Å². The third kappa shape index (κ3) is 5.02. The lowest BCUT2D eigenvalue weighted by Gasteiger charge is -2.44. The second-order valence-corrected chi connectivity index (χ2v) is 9.35. The van der Waals surface area contributed by atoms with Gasteiger partial charge in [0.15, 0.2) is 6.10 Å². The summed E-state index contributed by atoms with van der Waals surface area (Å²) in [6, 6.07) is 2.34. The van der Waals surface area contributed by atoms with E-state index < -0.39 is 18.8 Å². The van der Waals surface area contributed by atoms with Crippen molar-refractivity contribution in [2.75, 3.05) is 31.6 Å². The summed E-state index contributed by atoms with van der Waals surface area (Å²) in [7, 11) is 0. The van der Waals surface area contributed by atoms with Crippen LogP contribution in [0.2, 0.25) is 0 Å². The maximum Gasteiger partial charge on any atom is 0.416 e. The van der Waals surface area contributed by atoms with Gasteiger partial charge in [-0.2, -0.15) is 13.2 Å². The number of nitrogens with one attached hydrogen (secondary N) is 1. The Morgan fingerprint density at radius 3 is 2.65 bits per heavy atom. The molecule has 2 N–H and O–H groups in total. The molecule has 4 rings (SSSR count). The van der Waals surface area contributed by atoms with E-state index in [2.05, 4.69) is 33.2 Å². The Hall–Kier alpha value is -1.75. The molecule has 170 valence electrons. The van der Waals surface area contributed by atoms with Crippen molar-refractivity contribution in [3.05, 3.63) is 39.3 Å². The van der Waals surface area contributed by atoms with Crippen LogP contribution in [0.5, 0.6) is 0 Å². The molecule has 0 aromatic carbocycles. The fourth-order valence-corrected chi connectivity index (χ4v) is 5.40. The van der Waals surface area contributed by atoms with Crippen LogP contribution in [0.15, 0.2) is 18.5 Å². The molecule has 0 aliphatic carbocycles. The van der Waals surface area contributed by atoms with Crippen molar-refractivity contribution in [1.29, 1.82) is 0 Å². The number of likely N-dealkylation sites (tertiary alicyclic amines) is 1. The minimum absolute atomic E-state index is 0.0666. The van der Waals surface area contributed by atoms with E-state index in [-0.39, 0.29) is 11.5 Å². The molecule has 1 saturated heterocycles. The zero-order valence-electron chi connectivity index (χ0n) is 17.4. The lowest BCUT2D eigenvalue weighted by Crippen LogP contribution is -2.45. The molecule has 2 aliphatic rings. The number of aryl methyl sites for hydroxylation is 1. The van der Waals surface area contributed by atoms with E-state index in [0.29, 0.717) is 6.54 Å². The van der Waals surface area contributed by atoms with Crippen molar-refractivity contribution in [3.63, 3.8) is 0 Å². The van der Waals surface area contributed by atoms with Crippen LogP contribution in [0.25, 0.3) is 0 Å². The Morgan fingerprint density at radius 1 is 1.29 bits per heavy atom. The number of alkyl halides is 3. The van der Waals surface area contributed by atoms with Gasteiger partial charge >= 0.3 is 6.18 Å². The lowest BCUT2D eigenvalue weighted by atomic mass is 9.82. The summed E-state index contributed by atoms with van der Waals surface area (Å²) >= 11 is 1.92. The van der Waals surface area contributed by atoms with Gasteiger partial charge in [0, 0.05) is 53.8 Å². The zero-order chi connectivity index (χ0) is 22.1. The summed E-state index contributed by atoms with van der Waals surface area (Å²) < 4.78 is 43.4. The van der Waals surface area contributed by atoms with Crippen molar-refractivity contribution in [1.82, 2.24) is 14.9 Å². The molecule has 0 bridgehead atoms. The number of ether oxygens (including phenoxy) is 1. The van der Waals surface area contributed by atoms with Crippen molar-refractivity contribution >= 4 is 17.3 Å². The third-order valence-electron chi connectivity index (χ3n) is 6.01. The Labute approximate surface area is 183 Å². The van der Waals surface area contributed by atoms with Crippen molar-refractivity contribution < 1.29 is 23.0 Å². The second kappa shape index (κ2) is 9.01. The first-order chi connectivity index (χ1) is 14.8. The molecule has 2 aliphatic heterocycles. The predicted molar refractivity (Wildman–Crippen MR) is 112 cm³/mol. The monoisotopic (exact) mass is 456 g/mol. The quantitative estimate of drug-likeness (QED) is 0.694. The molecule has 1 unspecified atom stereocenters. The Balaban J connectivity index is 1.31. The van der Waals surface area contributed by atoms with Gasteiger partial charge in [-0.15, -0.1) is 11.3 Å². The highest BCUT2D eigenvalue weighted by atomic mass is 32.1. The molecule has 0 amide bonds. The van der Waals surface area contributed by atoms with E-state index in [1.54, 1.807) is 12.4 Å². The Morgan fingerprint density at radius 2 is 2.00 bits per heavy atom. The number of aliphatic hydroxyl groups excluding tert-OH is 1. The normalized spacial score (nSPS) is 19.9. The van der Waals surface area contributed by atoms with Crippen molar-refractivity contribution in [2.24, 2.45) is 0 Å². The van der Waals surface area contributed by atoms with Crippen LogP contribution in [0.3, 0.4) is 0 Å². The zero-order valence-corrected chi connectivity index (χ0v) is 18.2. The van der Waals surface area contributed by atoms with Gasteiger partial charge < -0.3 is 15.2 Å². The predicted octanol–water partition coefficient (Wildman–Crippen LogP) is 3.50. The van der Waals surface area contributed by atoms with Gasteiger partial charge in [-0.1, -0.05) is 6.92 Å². The van der Waals surface area contributed by atoms with E-state index in [4.69, 9.17) is 9.84 Å². The number of piperidine rings is 1. The van der Waals surface area contributed by atoms with Gasteiger partial charge in [0.1, 0.15) is 0 Å². The summed E-state index contributed by atoms with van der Waals surface area (Å²) in [4.78, 5) is 13.4. The van der Waals surface area contributed by atoms with Gasteiger partial charge in [0.25, 0.3) is 0 Å². The van der Waals surface area contributed by atoms with Crippen LogP contribution in [0.1, 0.15) is 40.6 Å². The highest BCUT2D eigenvalue weighted by molar-refractivity contribution is 7.12. The smallest absolute Gasteiger partial charge is 0.382 e. The molecule has 6 nitrogen and oxygen atoms in total. The minimum Gasteiger partial charge on any atom is -0.382 e. The molecule has 1 spiro atoms. The van der Waals surface area contributed by atoms with Gasteiger partial charge in [-0.3, -0.25) is 4.90 Å². The van der Waals surface area contributed by atoms with E-state index >= 15 is 0 Å². The number of thiophene rings is 1. The number of hydrogen-bond acceptors (Lipinski definition) is 7. The summed E-state index contributed by atoms with van der Waals surface area (Å²) in [6.45, 7) is 4.76. The number of halogens is 3. The lowest BCUT2D eigenvalue weighted by molar-refractivity contribution is -0.198. The molecule has 0 radical (unpaired) electrons. The first-order valence-corrected chi connectivity index (χ1v) is 11.4. The van der Waals surface area contributed by atoms with Gasteiger partial charge in [0.05, 0.1) is 18.8 Å². The number of nitrogens with zero attached hydrogens (tertiary/aromatic N) is 3. The van der Waals surface area contributed by atoms with Crippen LogP contribution in [-0.2, 0) is 29.7 Å². The second-order valence-electron chi connectivity index (χ2n) is 8.13. The van der Waals surface area contributed by atoms with Gasteiger partial charge in [-0.05, 0) is 30.9 Å². The molecule has 10 heteroatoms. The summed E-state index contributed by atoms with van der Waals surface area (Å²) in [5, 5.41) is 11.5. The maximum absolute atomic E-state index is 12.4. The van der Waals surface area contributed by atoms with Crippen LogP contribution < -0.4 is 5.32 Å². The third-order valence-corrected chi connectivity index (χ3v) is 7.35. The van der Waals surface area contributed by atoms with Gasteiger partial charge in [-0.25, -0.2) is 9.97 Å². The van der Waals surface area contributed by atoms with E-state index in [1.807, 2.05) is 11.3 Å². The average molecular weight is 457 g/mol. The van der Waals surface area contributed by atoms with Crippen molar-refractivity contribution in [3.8, 4) is 0 Å². The SMILES string of the molecule is CCc1cc2c(s1)CCOC21CCN(Cc2cnc(NCC(O)C(F)(F)F)nc2)CC1. The topological polar surface area (TPSA) is 70.5 Å². The fraction of sp³-hybridized carbons (Fsp3) is 0.619. The molecule has 2 aromatic heterocycles. The molecule has 1 atom stereocenters. The number of rotatable bonds is 6. The number of aliphatic hydroxyl groups is 1. The van der Waals surface area contributed by atoms with Crippen LogP contribution >= 0.6 is 11.3 Å². The number of anilines is 1. The average Bonchev–Trinajstić information content (AvgIpc) is 3.19. The molecule has 2 aromatic rings. The van der Waals surface area contributed by atoms with E-state index in [1.165, 1.54) is 15.3 Å². The minimum atomic E-state index is -4.66.